The fourth-order valence-corrected chi connectivity index (χ4v) is 1.73. The van der Waals surface area contributed by atoms with Gasteiger partial charge in [-0.3, -0.25) is 9.89 Å². The van der Waals surface area contributed by atoms with Crippen LogP contribution in [0.1, 0.15) is 16.1 Å². The summed E-state index contributed by atoms with van der Waals surface area (Å²) in [5.41, 5.74) is 4.45. The molecule has 1 aromatic carbocycles. The number of nitrogens with one attached hydrogen (secondary N) is 2. The number of hydrogen-bond donors (Lipinski definition) is 3. The Kier molecular flexibility index (Phi) is 3.58. The molecule has 0 aliphatic rings. The van der Waals surface area contributed by atoms with E-state index in [4.69, 9.17) is 17.3 Å². The van der Waals surface area contributed by atoms with E-state index >= 15 is 0 Å². The van der Waals surface area contributed by atoms with Crippen LogP contribution < -0.4 is 11.1 Å². The molecule has 0 fully saturated rings. The molecule has 20 heavy (non-hydrogen) atoms. The van der Waals surface area contributed by atoms with Crippen molar-refractivity contribution in [2.45, 2.75) is 6.18 Å². The SMILES string of the molecule is Nc1cn[nH]c1C(=O)Nc1cc(Cl)cc(C(F)(F)F)c1. The number of nitrogen functional groups attached to an aromatic ring is 1. The topological polar surface area (TPSA) is 83.8 Å². The number of aromatic nitrogens is 2. The van der Waals surface area contributed by atoms with Gasteiger partial charge in [0.15, 0.2) is 0 Å². The molecule has 1 aromatic heterocycles. The first-order valence-electron chi connectivity index (χ1n) is 5.25. The van der Waals surface area contributed by atoms with Gasteiger partial charge in [0.25, 0.3) is 5.91 Å². The third-order valence-corrected chi connectivity index (χ3v) is 2.60. The van der Waals surface area contributed by atoms with Crippen molar-refractivity contribution in [3.63, 3.8) is 0 Å². The van der Waals surface area contributed by atoms with Gasteiger partial charge in [-0.2, -0.15) is 18.3 Å². The van der Waals surface area contributed by atoms with Gasteiger partial charge in [0.1, 0.15) is 5.69 Å². The fraction of sp³-hybridized carbons (Fsp3) is 0.0909. The Morgan fingerprint density at radius 3 is 2.60 bits per heavy atom. The molecule has 1 heterocycles. The summed E-state index contributed by atoms with van der Waals surface area (Å²) in [5, 5.41) is 8.00. The summed E-state index contributed by atoms with van der Waals surface area (Å²) in [6.07, 6.45) is -3.34. The highest BCUT2D eigenvalue weighted by molar-refractivity contribution is 6.31. The molecule has 0 atom stereocenters. The summed E-state index contributed by atoms with van der Waals surface area (Å²) in [6, 6.07) is 2.74. The number of carbonyl (C=O) groups is 1. The van der Waals surface area contributed by atoms with Crippen LogP contribution in [0.2, 0.25) is 5.02 Å². The summed E-state index contributed by atoms with van der Waals surface area (Å²) < 4.78 is 37.8. The molecule has 0 spiro atoms. The molecular formula is C11H8ClF3N4O. The maximum absolute atomic E-state index is 12.6. The lowest BCUT2D eigenvalue weighted by Crippen LogP contribution is -2.15. The molecule has 5 nitrogen and oxygen atoms in total. The number of hydrogen-bond acceptors (Lipinski definition) is 3. The molecule has 0 radical (unpaired) electrons. The molecule has 4 N–H and O–H groups in total. The number of aromatic amines is 1. The molecule has 1 amide bonds. The zero-order valence-electron chi connectivity index (χ0n) is 9.75. The Hall–Kier alpha value is -2.22. The molecule has 0 aliphatic heterocycles. The van der Waals surface area contributed by atoms with Gasteiger partial charge in [0, 0.05) is 10.7 Å². The highest BCUT2D eigenvalue weighted by atomic mass is 35.5. The van der Waals surface area contributed by atoms with E-state index in [2.05, 4.69) is 15.5 Å². The normalized spacial score (nSPS) is 11.4. The number of nitrogens with zero attached hydrogens (tertiary/aromatic N) is 1. The van der Waals surface area contributed by atoms with Crippen LogP contribution in [-0.4, -0.2) is 16.1 Å². The standard InChI is InChI=1S/C11H8ClF3N4O/c12-6-1-5(11(13,14)15)2-7(3-6)18-10(20)9-8(16)4-17-19-9/h1-4H,16H2,(H,17,19)(H,18,20). The van der Waals surface area contributed by atoms with Crippen LogP contribution in [-0.2, 0) is 6.18 Å². The lowest BCUT2D eigenvalue weighted by Gasteiger charge is -2.10. The number of carbonyl (C=O) groups excluding carboxylic acids is 1. The van der Waals surface area contributed by atoms with Crippen LogP contribution in [0.5, 0.6) is 0 Å². The average molecular weight is 305 g/mol. The Bertz CT molecular complexity index is 653. The van der Waals surface area contributed by atoms with E-state index < -0.39 is 17.6 Å². The Morgan fingerprint density at radius 2 is 2.05 bits per heavy atom. The van der Waals surface area contributed by atoms with Gasteiger partial charge in [-0.1, -0.05) is 11.6 Å². The molecule has 0 bridgehead atoms. The van der Waals surface area contributed by atoms with E-state index in [1.54, 1.807) is 0 Å². The van der Waals surface area contributed by atoms with Crippen molar-refractivity contribution < 1.29 is 18.0 Å². The van der Waals surface area contributed by atoms with Crippen molar-refractivity contribution in [2.75, 3.05) is 11.1 Å². The van der Waals surface area contributed by atoms with Crippen LogP contribution in [0.15, 0.2) is 24.4 Å². The maximum atomic E-state index is 12.6. The molecule has 9 heteroatoms. The lowest BCUT2D eigenvalue weighted by atomic mass is 10.2. The second kappa shape index (κ2) is 5.04. The van der Waals surface area contributed by atoms with Gasteiger partial charge >= 0.3 is 6.18 Å². The number of rotatable bonds is 2. The van der Waals surface area contributed by atoms with E-state index in [9.17, 15) is 18.0 Å². The number of anilines is 2. The van der Waals surface area contributed by atoms with Gasteiger partial charge in [-0.05, 0) is 18.2 Å². The van der Waals surface area contributed by atoms with E-state index in [1.807, 2.05) is 0 Å². The van der Waals surface area contributed by atoms with Crippen LogP contribution in [0, 0.1) is 0 Å². The first kappa shape index (κ1) is 14.2. The lowest BCUT2D eigenvalue weighted by molar-refractivity contribution is -0.137. The second-order valence-corrected chi connectivity index (χ2v) is 4.32. The average Bonchev–Trinajstić information content (AvgIpc) is 2.73. The van der Waals surface area contributed by atoms with Crippen molar-refractivity contribution >= 4 is 28.9 Å². The van der Waals surface area contributed by atoms with Gasteiger partial charge in [-0.25, -0.2) is 0 Å². The third-order valence-electron chi connectivity index (χ3n) is 2.38. The molecule has 2 aromatic rings. The van der Waals surface area contributed by atoms with E-state index in [-0.39, 0.29) is 22.1 Å². The zero-order valence-corrected chi connectivity index (χ0v) is 10.5. The minimum atomic E-state index is -4.56. The van der Waals surface area contributed by atoms with Crippen molar-refractivity contribution in [2.24, 2.45) is 0 Å². The maximum Gasteiger partial charge on any atom is 0.416 e. The van der Waals surface area contributed by atoms with E-state index in [0.717, 1.165) is 12.1 Å². The summed E-state index contributed by atoms with van der Waals surface area (Å²) in [4.78, 5) is 11.8. The molecule has 0 unspecified atom stereocenters. The minimum Gasteiger partial charge on any atom is -0.396 e. The summed E-state index contributed by atoms with van der Waals surface area (Å²) in [6.45, 7) is 0. The molecular weight excluding hydrogens is 297 g/mol. The first-order valence-corrected chi connectivity index (χ1v) is 5.63. The summed E-state index contributed by atoms with van der Waals surface area (Å²) in [5.74, 6) is -0.713. The van der Waals surface area contributed by atoms with Crippen molar-refractivity contribution in [1.82, 2.24) is 10.2 Å². The smallest absolute Gasteiger partial charge is 0.396 e. The fourth-order valence-electron chi connectivity index (χ4n) is 1.50. The van der Waals surface area contributed by atoms with Crippen LogP contribution in [0.3, 0.4) is 0 Å². The van der Waals surface area contributed by atoms with Gasteiger partial charge in [0.05, 0.1) is 17.4 Å². The number of halogens is 4. The summed E-state index contributed by atoms with van der Waals surface area (Å²) >= 11 is 5.60. The van der Waals surface area contributed by atoms with E-state index in [1.165, 1.54) is 12.3 Å². The number of H-pyrrole nitrogens is 1. The highest BCUT2D eigenvalue weighted by Crippen LogP contribution is 2.33. The minimum absolute atomic E-state index is 0.0430. The Balaban J connectivity index is 2.28. The number of amides is 1. The van der Waals surface area contributed by atoms with Crippen molar-refractivity contribution in [3.05, 3.63) is 40.7 Å². The number of alkyl halides is 3. The largest absolute Gasteiger partial charge is 0.416 e. The third kappa shape index (κ3) is 3.02. The van der Waals surface area contributed by atoms with Gasteiger partial charge in [-0.15, -0.1) is 0 Å². The van der Waals surface area contributed by atoms with Gasteiger partial charge in [0.2, 0.25) is 0 Å². The van der Waals surface area contributed by atoms with E-state index in [0.29, 0.717) is 0 Å². The van der Waals surface area contributed by atoms with Crippen molar-refractivity contribution in [3.8, 4) is 0 Å². The quantitative estimate of drug-likeness (QED) is 0.797. The van der Waals surface area contributed by atoms with Crippen LogP contribution in [0.4, 0.5) is 24.5 Å². The number of nitrogens with two attached hydrogens (primary N) is 1. The highest BCUT2D eigenvalue weighted by Gasteiger charge is 2.31. The van der Waals surface area contributed by atoms with Crippen molar-refractivity contribution in [1.29, 1.82) is 0 Å². The van der Waals surface area contributed by atoms with Crippen LogP contribution in [0.25, 0.3) is 0 Å². The molecule has 0 saturated heterocycles. The summed E-state index contributed by atoms with van der Waals surface area (Å²) in [7, 11) is 0. The Morgan fingerprint density at radius 1 is 1.35 bits per heavy atom. The monoisotopic (exact) mass is 304 g/mol. The first-order chi connectivity index (χ1) is 9.27. The van der Waals surface area contributed by atoms with Crippen LogP contribution >= 0.6 is 11.6 Å². The predicted molar refractivity (Wildman–Crippen MR) is 67.4 cm³/mol. The van der Waals surface area contributed by atoms with Gasteiger partial charge < -0.3 is 11.1 Å². The molecule has 0 aliphatic carbocycles. The number of benzene rings is 1. The zero-order chi connectivity index (χ0) is 14.9. The second-order valence-electron chi connectivity index (χ2n) is 3.88. The predicted octanol–water partition coefficient (Wildman–Crippen LogP) is 2.92. The molecule has 2 rings (SSSR count). The molecule has 0 saturated carbocycles. The molecule has 106 valence electrons. The Labute approximate surface area is 115 Å².